The number of fused-ring (bicyclic) bond motifs is 1. The molecule has 0 bridgehead atoms. The van der Waals surface area contributed by atoms with E-state index in [1.807, 2.05) is 42.4 Å². The number of hydrogen-bond acceptors (Lipinski definition) is 3. The summed E-state index contributed by atoms with van der Waals surface area (Å²) >= 11 is 1.84. The van der Waals surface area contributed by atoms with Crippen LogP contribution in [0.1, 0.15) is 12.6 Å². The Bertz CT molecular complexity index is 455. The molecule has 1 unspecified atom stereocenters. The van der Waals surface area contributed by atoms with E-state index in [9.17, 15) is 0 Å². The van der Waals surface area contributed by atoms with Crippen molar-refractivity contribution in [3.63, 3.8) is 0 Å². The van der Waals surface area contributed by atoms with E-state index in [1.54, 1.807) is 0 Å². The van der Waals surface area contributed by atoms with Crippen LogP contribution in [0, 0.1) is 5.92 Å². The normalized spacial score (nSPS) is 13.1. The van der Waals surface area contributed by atoms with Gasteiger partial charge in [0.2, 0.25) is 0 Å². The molecule has 1 N–H and O–H groups in total. The van der Waals surface area contributed by atoms with E-state index in [0.717, 1.165) is 17.2 Å². The highest BCUT2D eigenvalue weighted by Crippen LogP contribution is 2.16. The predicted molar refractivity (Wildman–Crippen MR) is 67.6 cm³/mol. The van der Waals surface area contributed by atoms with Crippen molar-refractivity contribution in [1.82, 2.24) is 9.38 Å². The first-order valence-electron chi connectivity index (χ1n) is 5.41. The van der Waals surface area contributed by atoms with Crippen LogP contribution in [-0.2, 0) is 5.75 Å². The maximum atomic E-state index is 8.93. The van der Waals surface area contributed by atoms with Crippen LogP contribution in [0.5, 0.6) is 0 Å². The number of pyridine rings is 1. The van der Waals surface area contributed by atoms with Crippen molar-refractivity contribution in [2.75, 3.05) is 12.4 Å². The quantitative estimate of drug-likeness (QED) is 0.864. The van der Waals surface area contributed by atoms with Crippen molar-refractivity contribution in [1.29, 1.82) is 0 Å². The minimum atomic E-state index is 0.264. The highest BCUT2D eigenvalue weighted by molar-refractivity contribution is 7.98. The molecule has 4 heteroatoms. The van der Waals surface area contributed by atoms with Crippen molar-refractivity contribution in [2.24, 2.45) is 5.92 Å². The molecule has 0 aliphatic carbocycles. The van der Waals surface area contributed by atoms with Gasteiger partial charge in [0.25, 0.3) is 0 Å². The van der Waals surface area contributed by atoms with Gasteiger partial charge in [-0.1, -0.05) is 13.0 Å². The van der Waals surface area contributed by atoms with Crippen molar-refractivity contribution in [2.45, 2.75) is 12.7 Å². The zero-order valence-electron chi connectivity index (χ0n) is 9.34. The largest absolute Gasteiger partial charge is 0.396 e. The van der Waals surface area contributed by atoms with Crippen LogP contribution in [-0.4, -0.2) is 26.9 Å². The van der Waals surface area contributed by atoms with E-state index >= 15 is 0 Å². The second-order valence-electron chi connectivity index (χ2n) is 3.98. The molecule has 0 radical (unpaired) electrons. The number of imidazole rings is 1. The fraction of sp³-hybridized carbons (Fsp3) is 0.417. The lowest BCUT2D eigenvalue weighted by Crippen LogP contribution is -2.03. The van der Waals surface area contributed by atoms with E-state index in [1.165, 1.54) is 5.69 Å². The molecule has 0 amide bonds. The van der Waals surface area contributed by atoms with Crippen molar-refractivity contribution < 1.29 is 5.11 Å². The lowest BCUT2D eigenvalue weighted by molar-refractivity contribution is 0.250. The van der Waals surface area contributed by atoms with Gasteiger partial charge in [-0.3, -0.25) is 0 Å². The molecular weight excluding hydrogens is 220 g/mol. The zero-order valence-corrected chi connectivity index (χ0v) is 10.2. The highest BCUT2D eigenvalue weighted by Gasteiger charge is 2.04. The van der Waals surface area contributed by atoms with Gasteiger partial charge in [0.05, 0.1) is 11.9 Å². The van der Waals surface area contributed by atoms with Crippen LogP contribution in [0.2, 0.25) is 0 Å². The first kappa shape index (κ1) is 11.5. The lowest BCUT2D eigenvalue weighted by atomic mass is 10.2. The Hall–Kier alpha value is -1.00. The van der Waals surface area contributed by atoms with Crippen LogP contribution in [0.4, 0.5) is 0 Å². The lowest BCUT2D eigenvalue weighted by Gasteiger charge is -2.06. The molecule has 0 fully saturated rings. The van der Waals surface area contributed by atoms with Gasteiger partial charge in [0.1, 0.15) is 5.65 Å². The van der Waals surface area contributed by atoms with Crippen molar-refractivity contribution in [3.05, 3.63) is 36.3 Å². The molecule has 2 aromatic heterocycles. The van der Waals surface area contributed by atoms with Gasteiger partial charge in [-0.2, -0.15) is 11.8 Å². The summed E-state index contributed by atoms with van der Waals surface area (Å²) in [4.78, 5) is 4.34. The topological polar surface area (TPSA) is 37.5 Å². The summed E-state index contributed by atoms with van der Waals surface area (Å²) in [6.07, 6.45) is 3.96. The van der Waals surface area contributed by atoms with E-state index < -0.39 is 0 Å². The molecule has 0 aliphatic heterocycles. The smallest absolute Gasteiger partial charge is 0.136 e. The first-order valence-corrected chi connectivity index (χ1v) is 6.56. The van der Waals surface area contributed by atoms with Crippen molar-refractivity contribution in [3.8, 4) is 0 Å². The first-order chi connectivity index (χ1) is 7.81. The second kappa shape index (κ2) is 5.37. The summed E-state index contributed by atoms with van der Waals surface area (Å²) in [6, 6.07) is 6.01. The Morgan fingerprint density at radius 1 is 1.50 bits per heavy atom. The SMILES string of the molecule is CC(CO)CSCc1cnc2ccccn12. The fourth-order valence-electron chi connectivity index (χ4n) is 1.51. The van der Waals surface area contributed by atoms with Gasteiger partial charge in [0.15, 0.2) is 0 Å². The fourth-order valence-corrected chi connectivity index (χ4v) is 2.56. The van der Waals surface area contributed by atoms with E-state index in [0.29, 0.717) is 5.92 Å². The third-order valence-corrected chi connectivity index (χ3v) is 3.76. The molecule has 2 heterocycles. The molecule has 0 aromatic carbocycles. The van der Waals surface area contributed by atoms with Gasteiger partial charge >= 0.3 is 0 Å². The summed E-state index contributed by atoms with van der Waals surface area (Å²) in [5.74, 6) is 2.29. The van der Waals surface area contributed by atoms with Crippen LogP contribution in [0.15, 0.2) is 30.6 Å². The molecule has 0 saturated carbocycles. The third kappa shape index (κ3) is 2.57. The molecule has 86 valence electrons. The van der Waals surface area contributed by atoms with Crippen LogP contribution in [0.25, 0.3) is 5.65 Å². The number of aliphatic hydroxyl groups excluding tert-OH is 1. The monoisotopic (exact) mass is 236 g/mol. The second-order valence-corrected chi connectivity index (χ2v) is 5.01. The van der Waals surface area contributed by atoms with Crippen molar-refractivity contribution >= 4 is 17.4 Å². The summed E-state index contributed by atoms with van der Waals surface area (Å²) in [5, 5.41) is 8.93. The number of rotatable bonds is 5. The predicted octanol–water partition coefficient (Wildman–Crippen LogP) is 2.20. The van der Waals surface area contributed by atoms with Gasteiger partial charge in [-0.25, -0.2) is 4.98 Å². The Labute approximate surface area is 99.5 Å². The highest BCUT2D eigenvalue weighted by atomic mass is 32.2. The minimum Gasteiger partial charge on any atom is -0.396 e. The average molecular weight is 236 g/mol. The molecule has 16 heavy (non-hydrogen) atoms. The number of hydrogen-bond donors (Lipinski definition) is 1. The number of aromatic nitrogens is 2. The minimum absolute atomic E-state index is 0.264. The maximum Gasteiger partial charge on any atom is 0.136 e. The summed E-state index contributed by atoms with van der Waals surface area (Å²) in [5.41, 5.74) is 2.21. The molecule has 2 rings (SSSR count). The molecule has 0 spiro atoms. The molecule has 0 aliphatic rings. The Morgan fingerprint density at radius 2 is 2.38 bits per heavy atom. The maximum absolute atomic E-state index is 8.93. The Balaban J connectivity index is 1.99. The number of nitrogens with zero attached hydrogens (tertiary/aromatic N) is 2. The molecule has 1 atom stereocenters. The van der Waals surface area contributed by atoms with Crippen LogP contribution >= 0.6 is 11.8 Å². The van der Waals surface area contributed by atoms with Crippen LogP contribution in [0.3, 0.4) is 0 Å². The average Bonchev–Trinajstić information content (AvgIpc) is 2.73. The van der Waals surface area contributed by atoms with Gasteiger partial charge < -0.3 is 9.51 Å². The number of aliphatic hydroxyl groups is 1. The van der Waals surface area contributed by atoms with Crippen LogP contribution < -0.4 is 0 Å². The van der Waals surface area contributed by atoms with E-state index in [-0.39, 0.29) is 6.61 Å². The van der Waals surface area contributed by atoms with Gasteiger partial charge in [0, 0.05) is 18.6 Å². The summed E-state index contributed by atoms with van der Waals surface area (Å²) < 4.78 is 2.11. The van der Waals surface area contributed by atoms with E-state index in [2.05, 4.69) is 16.3 Å². The molecular formula is C12H16N2OS. The summed E-state index contributed by atoms with van der Waals surface area (Å²) in [6.45, 7) is 2.32. The summed E-state index contributed by atoms with van der Waals surface area (Å²) in [7, 11) is 0. The zero-order chi connectivity index (χ0) is 11.4. The Morgan fingerprint density at radius 3 is 3.19 bits per heavy atom. The van der Waals surface area contributed by atoms with E-state index in [4.69, 9.17) is 5.11 Å². The van der Waals surface area contributed by atoms with Gasteiger partial charge in [-0.15, -0.1) is 0 Å². The third-order valence-electron chi connectivity index (χ3n) is 2.46. The molecule has 0 saturated heterocycles. The van der Waals surface area contributed by atoms with Gasteiger partial charge in [-0.05, 0) is 23.8 Å². The standard InChI is InChI=1S/C12H16N2OS/c1-10(7-15)8-16-9-11-6-13-12-4-2-3-5-14(11)12/h2-6,10,15H,7-9H2,1H3. The number of thioether (sulfide) groups is 1. The molecule has 3 nitrogen and oxygen atoms in total. The molecule has 2 aromatic rings. The Kier molecular flexibility index (Phi) is 3.85.